The predicted octanol–water partition coefficient (Wildman–Crippen LogP) is 3.12. The molecule has 0 spiro atoms. The van der Waals surface area contributed by atoms with E-state index in [1.807, 2.05) is 17.0 Å². The van der Waals surface area contributed by atoms with Crippen LogP contribution in [0.2, 0.25) is 0 Å². The van der Waals surface area contributed by atoms with Gasteiger partial charge in [-0.25, -0.2) is 4.79 Å². The van der Waals surface area contributed by atoms with E-state index in [1.165, 1.54) is 17.7 Å². The van der Waals surface area contributed by atoms with Gasteiger partial charge in [0.15, 0.2) is 0 Å². The summed E-state index contributed by atoms with van der Waals surface area (Å²) in [5.41, 5.74) is 1.01. The van der Waals surface area contributed by atoms with Crippen molar-refractivity contribution in [2.45, 2.75) is 18.9 Å². The fraction of sp³-hybridized carbons (Fsp3) is 0.476. The van der Waals surface area contributed by atoms with E-state index in [2.05, 4.69) is 32.6 Å². The minimum atomic E-state index is 0.0244. The van der Waals surface area contributed by atoms with Gasteiger partial charge in [0.1, 0.15) is 5.75 Å². The van der Waals surface area contributed by atoms with Gasteiger partial charge in [-0.2, -0.15) is 0 Å². The molecule has 0 aliphatic carbocycles. The Hall–Kier alpha value is -2.25. The van der Waals surface area contributed by atoms with Crippen molar-refractivity contribution < 1.29 is 9.90 Å². The van der Waals surface area contributed by atoms with Crippen LogP contribution < -0.4 is 10.2 Å². The summed E-state index contributed by atoms with van der Waals surface area (Å²) in [5.74, 6) is 0.277. The summed E-state index contributed by atoms with van der Waals surface area (Å²) in [5, 5.41) is 15.0. The number of hydrogen-bond donors (Lipinski definition) is 2. The molecular weight excluding hydrogens is 372 g/mol. The molecule has 2 aliphatic rings. The van der Waals surface area contributed by atoms with Crippen molar-refractivity contribution in [3.63, 3.8) is 0 Å². The number of urea groups is 1. The molecule has 0 bridgehead atoms. The number of carbonyl (C=O) groups excluding carboxylic acids is 1. The van der Waals surface area contributed by atoms with Crippen LogP contribution in [0, 0.1) is 0 Å². The zero-order chi connectivity index (χ0) is 19.3. The topological polar surface area (TPSA) is 59.1 Å². The van der Waals surface area contributed by atoms with Gasteiger partial charge in [0.05, 0.1) is 6.04 Å². The molecule has 7 heteroatoms. The van der Waals surface area contributed by atoms with Crippen molar-refractivity contribution in [1.29, 1.82) is 0 Å². The first-order chi connectivity index (χ1) is 13.7. The maximum atomic E-state index is 12.7. The number of nitrogens with one attached hydrogen (secondary N) is 1. The third-order valence-corrected chi connectivity index (χ3v) is 6.63. The van der Waals surface area contributed by atoms with Gasteiger partial charge in [-0.3, -0.25) is 4.90 Å². The molecule has 150 valence electrons. The van der Waals surface area contributed by atoms with Crippen molar-refractivity contribution in [3.05, 3.63) is 46.7 Å². The Balaban J connectivity index is 1.30. The van der Waals surface area contributed by atoms with E-state index in [0.29, 0.717) is 19.6 Å². The molecule has 2 fully saturated rings. The van der Waals surface area contributed by atoms with E-state index in [1.54, 1.807) is 23.5 Å². The average molecular weight is 401 g/mol. The van der Waals surface area contributed by atoms with E-state index in [0.717, 1.165) is 31.9 Å². The van der Waals surface area contributed by atoms with E-state index in [9.17, 15) is 9.90 Å². The molecule has 2 aromatic rings. The standard InChI is InChI=1S/C21H28N4O2S/c26-18-6-3-5-17(15-18)23-10-12-25(13-11-23)21(27)22-16-19(20-7-4-14-28-20)24-8-1-2-9-24/h3-7,14-15,19,26H,1-2,8-13,16H2,(H,22,27). The summed E-state index contributed by atoms with van der Waals surface area (Å²) < 4.78 is 0. The normalized spacial score (nSPS) is 19.0. The number of thiophene rings is 1. The zero-order valence-electron chi connectivity index (χ0n) is 16.1. The second-order valence-electron chi connectivity index (χ2n) is 7.45. The number of rotatable bonds is 5. The molecule has 2 N–H and O–H groups in total. The highest BCUT2D eigenvalue weighted by atomic mass is 32.1. The van der Waals surface area contributed by atoms with Gasteiger partial charge in [0.25, 0.3) is 0 Å². The van der Waals surface area contributed by atoms with Gasteiger partial charge in [-0.15, -0.1) is 11.3 Å². The van der Waals surface area contributed by atoms with Crippen molar-refractivity contribution in [3.8, 4) is 5.75 Å². The number of phenolic OH excluding ortho intramolecular Hbond substituents is 1. The minimum absolute atomic E-state index is 0.0244. The molecular formula is C21H28N4O2S. The first-order valence-electron chi connectivity index (χ1n) is 10.0. The largest absolute Gasteiger partial charge is 0.508 e. The average Bonchev–Trinajstić information content (AvgIpc) is 3.43. The molecule has 28 heavy (non-hydrogen) atoms. The molecule has 2 amide bonds. The summed E-state index contributed by atoms with van der Waals surface area (Å²) in [6, 6.07) is 11.9. The van der Waals surface area contributed by atoms with Crippen LogP contribution in [0.4, 0.5) is 10.5 Å². The number of hydrogen-bond acceptors (Lipinski definition) is 5. The number of amides is 2. The number of aromatic hydroxyl groups is 1. The van der Waals surface area contributed by atoms with Crippen LogP contribution in [0.15, 0.2) is 41.8 Å². The van der Waals surface area contributed by atoms with Crippen molar-refractivity contribution in [2.75, 3.05) is 50.7 Å². The highest BCUT2D eigenvalue weighted by Gasteiger charge is 2.26. The van der Waals surface area contributed by atoms with Crippen LogP contribution in [0.25, 0.3) is 0 Å². The molecule has 1 aromatic heterocycles. The third kappa shape index (κ3) is 4.42. The lowest BCUT2D eigenvalue weighted by molar-refractivity contribution is 0.185. The fourth-order valence-electron chi connectivity index (χ4n) is 4.10. The maximum absolute atomic E-state index is 12.7. The van der Waals surface area contributed by atoms with Crippen LogP contribution in [-0.2, 0) is 0 Å². The predicted molar refractivity (Wildman–Crippen MR) is 113 cm³/mol. The quantitative estimate of drug-likeness (QED) is 0.810. The van der Waals surface area contributed by atoms with E-state index in [4.69, 9.17) is 0 Å². The summed E-state index contributed by atoms with van der Waals surface area (Å²) in [6.45, 7) is 5.81. The first kappa shape index (κ1) is 19.1. The Morgan fingerprint density at radius 3 is 2.54 bits per heavy atom. The number of nitrogens with zero attached hydrogens (tertiary/aromatic N) is 3. The Kier molecular flexibility index (Phi) is 6.02. The summed E-state index contributed by atoms with van der Waals surface area (Å²) in [4.78, 5) is 20.7. The molecule has 0 radical (unpaired) electrons. The van der Waals surface area contributed by atoms with E-state index < -0.39 is 0 Å². The Morgan fingerprint density at radius 2 is 1.86 bits per heavy atom. The lowest BCUT2D eigenvalue weighted by Gasteiger charge is -2.36. The summed E-state index contributed by atoms with van der Waals surface area (Å²) in [6.07, 6.45) is 2.49. The second kappa shape index (κ2) is 8.84. The van der Waals surface area contributed by atoms with Gasteiger partial charge in [-0.05, 0) is 49.5 Å². The first-order valence-corrected chi connectivity index (χ1v) is 10.9. The molecule has 4 rings (SSSR count). The summed E-state index contributed by atoms with van der Waals surface area (Å²) in [7, 11) is 0. The molecule has 0 saturated carbocycles. The number of piperazine rings is 1. The van der Waals surface area contributed by atoms with Gasteiger partial charge < -0.3 is 20.2 Å². The maximum Gasteiger partial charge on any atom is 0.317 e. The van der Waals surface area contributed by atoms with Crippen LogP contribution in [0.3, 0.4) is 0 Å². The third-order valence-electron chi connectivity index (χ3n) is 5.66. The van der Waals surface area contributed by atoms with Gasteiger partial charge in [0.2, 0.25) is 0 Å². The fourth-order valence-corrected chi connectivity index (χ4v) is 4.96. The smallest absolute Gasteiger partial charge is 0.317 e. The number of carbonyl (C=O) groups is 1. The van der Waals surface area contributed by atoms with Crippen LogP contribution in [-0.4, -0.2) is 66.8 Å². The van der Waals surface area contributed by atoms with Gasteiger partial charge in [0, 0.05) is 49.4 Å². The number of anilines is 1. The highest BCUT2D eigenvalue weighted by molar-refractivity contribution is 7.10. The summed E-state index contributed by atoms with van der Waals surface area (Å²) >= 11 is 1.77. The van der Waals surface area contributed by atoms with Gasteiger partial charge in [-0.1, -0.05) is 12.1 Å². The second-order valence-corrected chi connectivity index (χ2v) is 8.43. The molecule has 6 nitrogen and oxygen atoms in total. The SMILES string of the molecule is O=C(NCC(c1cccs1)N1CCCC1)N1CCN(c2cccc(O)c2)CC1. The number of phenols is 1. The molecule has 3 heterocycles. The molecule has 2 aliphatic heterocycles. The Bertz CT molecular complexity index is 768. The van der Waals surface area contributed by atoms with Crippen LogP contribution >= 0.6 is 11.3 Å². The number of likely N-dealkylation sites (tertiary alicyclic amines) is 1. The lowest BCUT2D eigenvalue weighted by atomic mass is 10.2. The molecule has 1 unspecified atom stereocenters. The molecule has 2 saturated heterocycles. The Morgan fingerprint density at radius 1 is 1.07 bits per heavy atom. The molecule has 1 atom stereocenters. The molecule has 1 aromatic carbocycles. The van der Waals surface area contributed by atoms with Gasteiger partial charge >= 0.3 is 6.03 Å². The van der Waals surface area contributed by atoms with E-state index >= 15 is 0 Å². The van der Waals surface area contributed by atoms with Crippen molar-refractivity contribution >= 4 is 23.1 Å². The Labute approximate surface area is 170 Å². The number of benzene rings is 1. The van der Waals surface area contributed by atoms with Crippen molar-refractivity contribution in [2.24, 2.45) is 0 Å². The van der Waals surface area contributed by atoms with Crippen molar-refractivity contribution in [1.82, 2.24) is 15.1 Å². The highest BCUT2D eigenvalue weighted by Crippen LogP contribution is 2.28. The monoisotopic (exact) mass is 400 g/mol. The minimum Gasteiger partial charge on any atom is -0.508 e. The van der Waals surface area contributed by atoms with Crippen LogP contribution in [0.1, 0.15) is 23.8 Å². The van der Waals surface area contributed by atoms with E-state index in [-0.39, 0.29) is 17.8 Å². The van der Waals surface area contributed by atoms with Crippen LogP contribution in [0.5, 0.6) is 5.75 Å². The zero-order valence-corrected chi connectivity index (χ0v) is 16.9. The lowest BCUT2D eigenvalue weighted by Crippen LogP contribution is -2.52.